The number of hydrogen-bond acceptors (Lipinski definition) is 14. The van der Waals surface area contributed by atoms with Gasteiger partial charge in [0.15, 0.2) is 46.0 Å². The van der Waals surface area contributed by atoms with E-state index in [1.54, 1.807) is 56.9 Å². The summed E-state index contributed by atoms with van der Waals surface area (Å²) < 4.78 is 55.2. The van der Waals surface area contributed by atoms with Crippen LogP contribution in [0.3, 0.4) is 0 Å². The SMILES string of the molecule is COc1ccc(CCc2cc(OC)c(OC)cc2CCNCCCOC(=O)/C=C\C(=O)OCCCN2CCc3cc(OC)c(OC)cc3[C@H]2Cc2ccc(OC)c(OC)c2)cc1OC. The van der Waals surface area contributed by atoms with Crippen LogP contribution >= 0.6 is 0 Å². The summed E-state index contributed by atoms with van der Waals surface area (Å²) in [5.41, 5.74) is 6.92. The second kappa shape index (κ2) is 25.2. The molecule has 64 heavy (non-hydrogen) atoms. The second-order valence-corrected chi connectivity index (χ2v) is 15.1. The number of ether oxygens (including phenoxy) is 10. The maximum Gasteiger partial charge on any atom is 0.331 e. The van der Waals surface area contributed by atoms with Gasteiger partial charge in [0.2, 0.25) is 0 Å². The zero-order valence-electron chi connectivity index (χ0n) is 38.5. The molecular formula is C50H64N2O12. The fourth-order valence-corrected chi connectivity index (χ4v) is 7.95. The summed E-state index contributed by atoms with van der Waals surface area (Å²) in [5, 5.41) is 3.43. The molecule has 5 rings (SSSR count). The fraction of sp³-hybridized carbons (Fsp3) is 0.440. The molecule has 0 aliphatic carbocycles. The number of rotatable bonds is 26. The van der Waals surface area contributed by atoms with Crippen molar-refractivity contribution in [2.75, 3.05) is 96.3 Å². The lowest BCUT2D eigenvalue weighted by atomic mass is 9.88. The molecule has 0 spiro atoms. The molecule has 0 saturated carbocycles. The summed E-state index contributed by atoms with van der Waals surface area (Å²) in [7, 11) is 13.1. The van der Waals surface area contributed by atoms with Gasteiger partial charge in [-0.15, -0.1) is 0 Å². The summed E-state index contributed by atoms with van der Waals surface area (Å²) in [6, 6.07) is 20.2. The minimum absolute atomic E-state index is 0.0276. The van der Waals surface area contributed by atoms with Crippen LogP contribution in [0.25, 0.3) is 0 Å². The average molecular weight is 885 g/mol. The van der Waals surface area contributed by atoms with Gasteiger partial charge in [0.25, 0.3) is 0 Å². The van der Waals surface area contributed by atoms with Crippen molar-refractivity contribution in [2.45, 2.75) is 51.0 Å². The van der Waals surface area contributed by atoms with Gasteiger partial charge in [0, 0.05) is 31.3 Å². The average Bonchev–Trinajstić information content (AvgIpc) is 3.33. The Hall–Kier alpha value is -6.12. The molecule has 0 fully saturated rings. The van der Waals surface area contributed by atoms with Crippen molar-refractivity contribution in [1.29, 1.82) is 0 Å². The van der Waals surface area contributed by atoms with Crippen LogP contribution in [0.4, 0.5) is 0 Å². The van der Waals surface area contributed by atoms with Gasteiger partial charge < -0.3 is 52.7 Å². The molecule has 1 atom stereocenters. The van der Waals surface area contributed by atoms with Crippen molar-refractivity contribution in [3.8, 4) is 46.0 Å². The zero-order valence-corrected chi connectivity index (χ0v) is 38.5. The third-order valence-electron chi connectivity index (χ3n) is 11.3. The molecule has 4 aromatic carbocycles. The number of benzene rings is 4. The number of fused-ring (bicyclic) bond motifs is 1. The van der Waals surface area contributed by atoms with Gasteiger partial charge in [-0.05, 0) is 140 Å². The molecule has 0 saturated heterocycles. The highest BCUT2D eigenvalue weighted by molar-refractivity contribution is 5.91. The molecule has 0 aromatic heterocycles. The molecule has 1 aliphatic rings. The molecule has 0 amide bonds. The number of carbonyl (C=O) groups is 2. The number of esters is 2. The number of carbonyl (C=O) groups excluding carboxylic acids is 2. The van der Waals surface area contributed by atoms with E-state index in [0.717, 1.165) is 66.6 Å². The van der Waals surface area contributed by atoms with Gasteiger partial charge in [-0.2, -0.15) is 0 Å². The van der Waals surface area contributed by atoms with Crippen LogP contribution in [-0.2, 0) is 51.2 Å². The van der Waals surface area contributed by atoms with Gasteiger partial charge in [0.05, 0.1) is 70.1 Å². The highest BCUT2D eigenvalue weighted by Gasteiger charge is 2.29. The van der Waals surface area contributed by atoms with Gasteiger partial charge in [-0.3, -0.25) is 4.90 Å². The summed E-state index contributed by atoms with van der Waals surface area (Å²) in [6.45, 7) is 3.27. The molecule has 1 N–H and O–H groups in total. The van der Waals surface area contributed by atoms with E-state index in [2.05, 4.69) is 22.3 Å². The van der Waals surface area contributed by atoms with E-state index in [1.807, 2.05) is 48.5 Å². The first kappa shape index (κ1) is 48.9. The predicted molar refractivity (Wildman–Crippen MR) is 244 cm³/mol. The lowest BCUT2D eigenvalue weighted by Gasteiger charge is -2.38. The third kappa shape index (κ3) is 13.4. The monoisotopic (exact) mass is 884 g/mol. The summed E-state index contributed by atoms with van der Waals surface area (Å²) in [5.74, 6) is 4.29. The standard InChI is InChI=1S/C50H64N2O12/c1-55-41-15-12-34(28-43(41)57-3)11-14-36-30-45(59-5)46(60-6)31-37(36)19-22-51-21-9-25-63-49(53)17-18-50(54)64-26-10-23-52-24-20-38-32-47(61-7)48(62-8)33-39(38)40(52)27-35-13-16-42(56-2)44(29-35)58-4/h12-13,15-18,28-33,40,51H,9-11,14,19-27H2,1-8H3/b18-17-/t40-/m1/s1. The minimum atomic E-state index is -0.599. The van der Waals surface area contributed by atoms with Crippen LogP contribution in [0.1, 0.15) is 52.3 Å². The summed E-state index contributed by atoms with van der Waals surface area (Å²) in [4.78, 5) is 27.3. The molecule has 14 nitrogen and oxygen atoms in total. The van der Waals surface area contributed by atoms with Crippen molar-refractivity contribution in [2.24, 2.45) is 0 Å². The number of hydrogen-bond donors (Lipinski definition) is 1. The lowest BCUT2D eigenvalue weighted by molar-refractivity contribution is -0.140. The van der Waals surface area contributed by atoms with E-state index in [4.69, 9.17) is 47.4 Å². The second-order valence-electron chi connectivity index (χ2n) is 15.1. The molecule has 346 valence electrons. The van der Waals surface area contributed by atoms with E-state index < -0.39 is 11.9 Å². The van der Waals surface area contributed by atoms with Crippen molar-refractivity contribution in [3.63, 3.8) is 0 Å². The quantitative estimate of drug-likeness (QED) is 0.0396. The van der Waals surface area contributed by atoms with Gasteiger partial charge in [-0.25, -0.2) is 9.59 Å². The molecule has 0 unspecified atom stereocenters. The molecule has 14 heteroatoms. The Balaban J connectivity index is 1.04. The van der Waals surface area contributed by atoms with E-state index >= 15 is 0 Å². The largest absolute Gasteiger partial charge is 0.493 e. The van der Waals surface area contributed by atoms with Crippen LogP contribution in [0.15, 0.2) is 72.8 Å². The Kier molecular flexibility index (Phi) is 19.3. The fourth-order valence-electron chi connectivity index (χ4n) is 7.95. The molecule has 4 aromatic rings. The number of aryl methyl sites for hydroxylation is 2. The van der Waals surface area contributed by atoms with Crippen LogP contribution in [-0.4, -0.2) is 113 Å². The normalized spacial score (nSPS) is 13.5. The number of nitrogens with zero attached hydrogens (tertiary/aromatic N) is 1. The summed E-state index contributed by atoms with van der Waals surface area (Å²) in [6.07, 6.45) is 7.36. The number of nitrogens with one attached hydrogen (secondary N) is 1. The Labute approximate surface area is 377 Å². The molecule has 0 radical (unpaired) electrons. The Morgan fingerprint density at radius 2 is 1.06 bits per heavy atom. The van der Waals surface area contributed by atoms with Gasteiger partial charge >= 0.3 is 11.9 Å². The topological polar surface area (TPSA) is 142 Å². The number of methoxy groups -OCH3 is 8. The van der Waals surface area contributed by atoms with Crippen molar-refractivity contribution in [3.05, 3.63) is 106 Å². The van der Waals surface area contributed by atoms with E-state index in [1.165, 1.54) is 11.1 Å². The zero-order chi connectivity index (χ0) is 45.8. The smallest absolute Gasteiger partial charge is 0.331 e. The third-order valence-corrected chi connectivity index (χ3v) is 11.3. The van der Waals surface area contributed by atoms with E-state index in [-0.39, 0.29) is 19.3 Å². The minimum Gasteiger partial charge on any atom is -0.493 e. The maximum absolute atomic E-state index is 12.5. The Bertz CT molecular complexity index is 2170. The van der Waals surface area contributed by atoms with Crippen molar-refractivity contribution >= 4 is 11.9 Å². The molecule has 1 aliphatic heterocycles. The van der Waals surface area contributed by atoms with Crippen LogP contribution in [0.2, 0.25) is 0 Å². The van der Waals surface area contributed by atoms with Crippen molar-refractivity contribution in [1.82, 2.24) is 10.2 Å². The van der Waals surface area contributed by atoms with Gasteiger partial charge in [0.1, 0.15) is 0 Å². The lowest BCUT2D eigenvalue weighted by Crippen LogP contribution is -2.37. The Morgan fingerprint density at radius 3 is 1.66 bits per heavy atom. The Morgan fingerprint density at radius 1 is 0.562 bits per heavy atom. The highest BCUT2D eigenvalue weighted by Crippen LogP contribution is 2.40. The van der Waals surface area contributed by atoms with Crippen LogP contribution in [0.5, 0.6) is 46.0 Å². The summed E-state index contributed by atoms with van der Waals surface area (Å²) >= 11 is 0. The first-order chi connectivity index (χ1) is 31.2. The molecule has 1 heterocycles. The highest BCUT2D eigenvalue weighted by atomic mass is 16.5. The van der Waals surface area contributed by atoms with E-state index in [9.17, 15) is 9.59 Å². The predicted octanol–water partition coefficient (Wildman–Crippen LogP) is 6.94. The van der Waals surface area contributed by atoms with Crippen LogP contribution in [0, 0.1) is 0 Å². The molecular weight excluding hydrogens is 821 g/mol. The molecule has 0 bridgehead atoms. The van der Waals surface area contributed by atoms with Gasteiger partial charge in [-0.1, -0.05) is 12.1 Å². The van der Waals surface area contributed by atoms with Crippen LogP contribution < -0.4 is 43.2 Å². The maximum atomic E-state index is 12.5. The van der Waals surface area contributed by atoms with E-state index in [0.29, 0.717) is 84.9 Å². The first-order valence-electron chi connectivity index (χ1n) is 21.6. The van der Waals surface area contributed by atoms with Crippen molar-refractivity contribution < 1.29 is 57.0 Å². The first-order valence-corrected chi connectivity index (χ1v) is 21.6.